The number of benzene rings is 1. The first-order chi connectivity index (χ1) is 7.19. The Balaban J connectivity index is 0.00000225. The maximum atomic E-state index is 10.6. The first kappa shape index (κ1) is 14.5. The summed E-state index contributed by atoms with van der Waals surface area (Å²) in [5, 5.41) is 10.6. The molecule has 0 radical (unpaired) electrons. The highest BCUT2D eigenvalue weighted by Crippen LogP contribution is 2.30. The summed E-state index contributed by atoms with van der Waals surface area (Å²) in [4.78, 5) is 10.1. The lowest BCUT2D eigenvalue weighted by Gasteiger charge is -2.06. The lowest BCUT2D eigenvalue weighted by molar-refractivity contribution is -0.385. The molecule has 1 aromatic rings. The Morgan fingerprint density at radius 1 is 1.50 bits per heavy atom. The highest BCUT2D eigenvalue weighted by molar-refractivity contribution is 5.85. The fourth-order valence-electron chi connectivity index (χ4n) is 1.08. The molecule has 0 spiro atoms. The standard InChI is InChI=1S/C9H12N2O4.ClH/c1-14-9-6-7(15-5-4-10)2-3-8(9)11(12)13;/h2-3,6H,4-5,10H2,1H3;1H. The number of halogens is 1. The average Bonchev–Trinajstić information content (AvgIpc) is 2.25. The van der Waals surface area contributed by atoms with Gasteiger partial charge in [-0.15, -0.1) is 12.4 Å². The number of hydrogen-bond donors (Lipinski definition) is 1. The lowest BCUT2D eigenvalue weighted by Crippen LogP contribution is -2.10. The van der Waals surface area contributed by atoms with E-state index >= 15 is 0 Å². The summed E-state index contributed by atoms with van der Waals surface area (Å²) in [6.07, 6.45) is 0. The van der Waals surface area contributed by atoms with Gasteiger partial charge in [-0.25, -0.2) is 0 Å². The van der Waals surface area contributed by atoms with Gasteiger partial charge in [-0.05, 0) is 6.07 Å². The van der Waals surface area contributed by atoms with Crippen LogP contribution in [0.5, 0.6) is 11.5 Å². The van der Waals surface area contributed by atoms with Crippen LogP contribution in [0.15, 0.2) is 18.2 Å². The number of hydrogen-bond acceptors (Lipinski definition) is 5. The maximum Gasteiger partial charge on any atom is 0.311 e. The third kappa shape index (κ3) is 3.56. The lowest BCUT2D eigenvalue weighted by atomic mass is 10.3. The zero-order valence-corrected chi connectivity index (χ0v) is 9.53. The van der Waals surface area contributed by atoms with Crippen molar-refractivity contribution in [3.05, 3.63) is 28.3 Å². The summed E-state index contributed by atoms with van der Waals surface area (Å²) in [6.45, 7) is 0.750. The third-order valence-corrected chi connectivity index (χ3v) is 1.73. The summed E-state index contributed by atoms with van der Waals surface area (Å²) >= 11 is 0. The second-order valence-electron chi connectivity index (χ2n) is 2.73. The number of nitro benzene ring substituents is 1. The van der Waals surface area contributed by atoms with Crippen molar-refractivity contribution in [2.45, 2.75) is 0 Å². The number of methoxy groups -OCH3 is 1. The largest absolute Gasteiger partial charge is 0.492 e. The molecule has 0 aliphatic rings. The molecule has 0 heterocycles. The van der Waals surface area contributed by atoms with Crippen LogP contribution in [-0.2, 0) is 0 Å². The minimum atomic E-state index is -0.508. The predicted molar refractivity (Wildman–Crippen MR) is 61.4 cm³/mol. The van der Waals surface area contributed by atoms with Crippen molar-refractivity contribution < 1.29 is 14.4 Å². The first-order valence-electron chi connectivity index (χ1n) is 4.34. The quantitative estimate of drug-likeness (QED) is 0.628. The highest BCUT2D eigenvalue weighted by atomic mass is 35.5. The van der Waals surface area contributed by atoms with Gasteiger partial charge in [0, 0.05) is 18.7 Å². The molecule has 2 N–H and O–H groups in total. The van der Waals surface area contributed by atoms with Gasteiger partial charge in [0.15, 0.2) is 0 Å². The Morgan fingerprint density at radius 2 is 2.19 bits per heavy atom. The Labute approximate surface area is 98.9 Å². The normalized spacial score (nSPS) is 9.12. The second-order valence-corrected chi connectivity index (χ2v) is 2.73. The van der Waals surface area contributed by atoms with Crippen LogP contribution in [0.3, 0.4) is 0 Å². The zero-order valence-electron chi connectivity index (χ0n) is 8.71. The molecule has 0 aliphatic carbocycles. The molecule has 7 heteroatoms. The van der Waals surface area contributed by atoms with Gasteiger partial charge in [0.1, 0.15) is 12.4 Å². The minimum absolute atomic E-state index is 0. The Bertz CT molecular complexity index is 359. The topological polar surface area (TPSA) is 87.6 Å². The summed E-state index contributed by atoms with van der Waals surface area (Å²) in [6, 6.07) is 4.31. The monoisotopic (exact) mass is 248 g/mol. The van der Waals surface area contributed by atoms with Crippen molar-refractivity contribution in [3.63, 3.8) is 0 Å². The zero-order chi connectivity index (χ0) is 11.3. The van der Waals surface area contributed by atoms with Gasteiger partial charge in [0.2, 0.25) is 5.75 Å². The Kier molecular flexibility index (Phi) is 6.21. The van der Waals surface area contributed by atoms with Crippen molar-refractivity contribution in [2.75, 3.05) is 20.3 Å². The molecule has 0 saturated heterocycles. The van der Waals surface area contributed by atoms with Gasteiger partial charge in [-0.3, -0.25) is 10.1 Å². The van der Waals surface area contributed by atoms with E-state index in [-0.39, 0.29) is 23.8 Å². The van der Waals surface area contributed by atoms with E-state index in [4.69, 9.17) is 15.2 Å². The molecule has 6 nitrogen and oxygen atoms in total. The van der Waals surface area contributed by atoms with Crippen LogP contribution in [0.25, 0.3) is 0 Å². The molecule has 90 valence electrons. The summed E-state index contributed by atoms with van der Waals surface area (Å²) < 4.78 is 10.1. The van der Waals surface area contributed by atoms with Crippen LogP contribution in [0.1, 0.15) is 0 Å². The van der Waals surface area contributed by atoms with Gasteiger partial charge < -0.3 is 15.2 Å². The number of rotatable bonds is 5. The van der Waals surface area contributed by atoms with E-state index in [1.54, 1.807) is 0 Å². The maximum absolute atomic E-state index is 10.6. The fourth-order valence-corrected chi connectivity index (χ4v) is 1.08. The second kappa shape index (κ2) is 6.86. The van der Waals surface area contributed by atoms with Crippen molar-refractivity contribution >= 4 is 18.1 Å². The van der Waals surface area contributed by atoms with Gasteiger partial charge in [-0.1, -0.05) is 0 Å². The van der Waals surface area contributed by atoms with Crippen LogP contribution >= 0.6 is 12.4 Å². The SMILES string of the molecule is COc1cc(OCCN)ccc1[N+](=O)[O-].Cl. The summed E-state index contributed by atoms with van der Waals surface area (Å²) in [7, 11) is 1.37. The van der Waals surface area contributed by atoms with E-state index in [9.17, 15) is 10.1 Å². The summed E-state index contributed by atoms with van der Waals surface area (Å²) in [5.41, 5.74) is 5.18. The molecular weight excluding hydrogens is 236 g/mol. The van der Waals surface area contributed by atoms with E-state index < -0.39 is 4.92 Å². The van der Waals surface area contributed by atoms with E-state index in [2.05, 4.69) is 0 Å². The molecule has 0 bridgehead atoms. The molecule has 0 aliphatic heterocycles. The Morgan fingerprint density at radius 3 is 2.69 bits per heavy atom. The van der Waals surface area contributed by atoms with Gasteiger partial charge in [-0.2, -0.15) is 0 Å². The molecule has 0 fully saturated rings. The smallest absolute Gasteiger partial charge is 0.311 e. The predicted octanol–water partition coefficient (Wildman–Crippen LogP) is 1.36. The molecule has 0 atom stereocenters. The van der Waals surface area contributed by atoms with Gasteiger partial charge in [0.05, 0.1) is 12.0 Å². The van der Waals surface area contributed by atoms with Crippen LogP contribution in [0.4, 0.5) is 5.69 Å². The molecule has 1 rings (SSSR count). The molecule has 0 unspecified atom stereocenters. The number of ether oxygens (including phenoxy) is 2. The molecule has 16 heavy (non-hydrogen) atoms. The van der Waals surface area contributed by atoms with E-state index in [1.165, 1.54) is 25.3 Å². The fraction of sp³-hybridized carbons (Fsp3) is 0.333. The van der Waals surface area contributed by atoms with Gasteiger partial charge in [0.25, 0.3) is 0 Å². The molecule has 0 saturated carbocycles. The van der Waals surface area contributed by atoms with Crippen molar-refractivity contribution in [1.82, 2.24) is 0 Å². The first-order valence-corrected chi connectivity index (χ1v) is 4.34. The molecule has 0 aromatic heterocycles. The van der Waals surface area contributed by atoms with Crippen molar-refractivity contribution in [1.29, 1.82) is 0 Å². The van der Waals surface area contributed by atoms with Crippen LogP contribution in [0, 0.1) is 10.1 Å². The number of nitro groups is 1. The van der Waals surface area contributed by atoms with Crippen molar-refractivity contribution in [3.8, 4) is 11.5 Å². The molecule has 0 amide bonds. The van der Waals surface area contributed by atoms with Crippen LogP contribution in [-0.4, -0.2) is 25.2 Å². The van der Waals surface area contributed by atoms with Crippen molar-refractivity contribution in [2.24, 2.45) is 5.73 Å². The number of nitrogens with two attached hydrogens (primary N) is 1. The molecule has 1 aromatic carbocycles. The van der Waals surface area contributed by atoms with Gasteiger partial charge >= 0.3 is 5.69 Å². The van der Waals surface area contributed by atoms with Crippen LogP contribution < -0.4 is 15.2 Å². The Hall–Kier alpha value is -1.53. The average molecular weight is 249 g/mol. The van der Waals surface area contributed by atoms with Crippen LogP contribution in [0.2, 0.25) is 0 Å². The number of nitrogens with zero attached hydrogens (tertiary/aromatic N) is 1. The van der Waals surface area contributed by atoms with E-state index in [1.807, 2.05) is 0 Å². The minimum Gasteiger partial charge on any atom is -0.492 e. The third-order valence-electron chi connectivity index (χ3n) is 1.73. The van der Waals surface area contributed by atoms with E-state index in [0.29, 0.717) is 18.9 Å². The molecular formula is C9H13ClN2O4. The summed E-state index contributed by atoms with van der Waals surface area (Å²) in [5.74, 6) is 0.678. The van der Waals surface area contributed by atoms with E-state index in [0.717, 1.165) is 0 Å². The highest BCUT2D eigenvalue weighted by Gasteiger charge is 2.14.